The maximum absolute atomic E-state index is 9.02. The molecule has 0 fully saturated rings. The molecule has 1 N–H and O–H groups in total. The molecule has 2 aromatic carbocycles. The van der Waals surface area contributed by atoms with Crippen LogP contribution < -0.4 is 4.74 Å². The smallest absolute Gasteiger partial charge is 0.226 e. The van der Waals surface area contributed by atoms with Crippen molar-refractivity contribution in [2.45, 2.75) is 20.5 Å². The molecule has 0 aliphatic carbocycles. The van der Waals surface area contributed by atoms with Crippen molar-refractivity contribution < 1.29 is 14.3 Å². The van der Waals surface area contributed by atoms with E-state index >= 15 is 0 Å². The Morgan fingerprint density at radius 3 is 2.72 bits per heavy atom. The highest BCUT2D eigenvalue weighted by Gasteiger charge is 2.12. The minimum Gasteiger partial charge on any atom is -0.487 e. The van der Waals surface area contributed by atoms with E-state index in [2.05, 4.69) is 4.98 Å². The lowest BCUT2D eigenvalue weighted by molar-refractivity contribution is 0.299. The Morgan fingerprint density at radius 2 is 1.96 bits per heavy atom. The Kier molecular flexibility index (Phi) is 5.31. The van der Waals surface area contributed by atoms with Crippen molar-refractivity contribution in [3.05, 3.63) is 77.7 Å². The summed E-state index contributed by atoms with van der Waals surface area (Å²) in [5, 5.41) is 9.02. The minimum absolute atomic E-state index is 0.0251. The molecule has 0 unspecified atom stereocenters. The molecule has 0 aliphatic rings. The van der Waals surface area contributed by atoms with Gasteiger partial charge in [0.2, 0.25) is 5.89 Å². The first-order valence-corrected chi connectivity index (χ1v) is 8.20. The van der Waals surface area contributed by atoms with Crippen molar-refractivity contribution in [1.82, 2.24) is 4.98 Å². The van der Waals surface area contributed by atoms with Gasteiger partial charge in [-0.3, -0.25) is 0 Å². The Balaban J connectivity index is 1.73. The highest BCUT2D eigenvalue weighted by Crippen LogP contribution is 2.24. The number of aliphatic hydroxyl groups is 1. The van der Waals surface area contributed by atoms with E-state index in [0.717, 1.165) is 33.9 Å². The zero-order valence-electron chi connectivity index (χ0n) is 14.4. The first-order valence-electron chi connectivity index (χ1n) is 8.20. The highest BCUT2D eigenvalue weighted by molar-refractivity contribution is 5.64. The van der Waals surface area contributed by atoms with Crippen LogP contribution in [0.15, 0.2) is 65.1 Å². The summed E-state index contributed by atoms with van der Waals surface area (Å²) < 4.78 is 11.6. The van der Waals surface area contributed by atoms with Gasteiger partial charge in [0.25, 0.3) is 0 Å². The number of oxazole rings is 1. The predicted molar refractivity (Wildman–Crippen MR) is 98.2 cm³/mol. The maximum atomic E-state index is 9.02. The van der Waals surface area contributed by atoms with Crippen molar-refractivity contribution >= 4 is 5.57 Å². The van der Waals surface area contributed by atoms with Crippen molar-refractivity contribution in [1.29, 1.82) is 0 Å². The number of aliphatic hydroxyl groups excluding tert-OH is 1. The van der Waals surface area contributed by atoms with Gasteiger partial charge in [-0.2, -0.15) is 0 Å². The first-order chi connectivity index (χ1) is 12.2. The van der Waals surface area contributed by atoms with Crippen LogP contribution >= 0.6 is 0 Å². The molecule has 3 rings (SSSR count). The average Bonchev–Trinajstić information content (AvgIpc) is 3.02. The second-order valence-electron chi connectivity index (χ2n) is 5.77. The van der Waals surface area contributed by atoms with E-state index in [4.69, 9.17) is 14.3 Å². The first kappa shape index (κ1) is 17.0. The zero-order chi connectivity index (χ0) is 17.6. The second-order valence-corrected chi connectivity index (χ2v) is 5.77. The summed E-state index contributed by atoms with van der Waals surface area (Å²) in [4.78, 5) is 4.55. The van der Waals surface area contributed by atoms with Gasteiger partial charge in [-0.25, -0.2) is 4.98 Å². The van der Waals surface area contributed by atoms with E-state index in [0.29, 0.717) is 12.5 Å². The molecule has 0 aliphatic heterocycles. The number of aromatic nitrogens is 1. The lowest BCUT2D eigenvalue weighted by atomic mass is 10.1. The fraction of sp³-hybridized carbons (Fsp3) is 0.190. The van der Waals surface area contributed by atoms with E-state index in [1.165, 1.54) is 0 Å². The summed E-state index contributed by atoms with van der Waals surface area (Å²) in [6, 6.07) is 17.6. The van der Waals surface area contributed by atoms with Gasteiger partial charge in [0.15, 0.2) is 0 Å². The van der Waals surface area contributed by atoms with Crippen LogP contribution in [-0.2, 0) is 6.61 Å². The van der Waals surface area contributed by atoms with Crippen LogP contribution in [0, 0.1) is 6.92 Å². The molecule has 0 spiro atoms. The van der Waals surface area contributed by atoms with Crippen molar-refractivity contribution in [3.8, 4) is 17.2 Å². The van der Waals surface area contributed by atoms with Crippen LogP contribution in [0.3, 0.4) is 0 Å². The minimum atomic E-state index is 0.0251. The monoisotopic (exact) mass is 335 g/mol. The van der Waals surface area contributed by atoms with E-state index in [-0.39, 0.29) is 6.61 Å². The Bertz CT molecular complexity index is 866. The highest BCUT2D eigenvalue weighted by atomic mass is 16.5. The van der Waals surface area contributed by atoms with E-state index in [1.54, 1.807) is 6.08 Å². The summed E-state index contributed by atoms with van der Waals surface area (Å²) in [7, 11) is 0. The van der Waals surface area contributed by atoms with Crippen LogP contribution in [0.1, 0.15) is 23.9 Å². The summed E-state index contributed by atoms with van der Waals surface area (Å²) in [6.07, 6.45) is 1.77. The molecule has 128 valence electrons. The summed E-state index contributed by atoms with van der Waals surface area (Å²) >= 11 is 0. The topological polar surface area (TPSA) is 55.5 Å². The molecular weight excluding hydrogens is 314 g/mol. The standard InChI is InChI=1S/C21H21NO3/c1-15(11-12-23)18-9-6-10-19(13-18)24-14-20-16(2)25-21(22-20)17-7-4-3-5-8-17/h3-11,13,23H,12,14H2,1-2H3/b15-11+. The largest absolute Gasteiger partial charge is 0.487 e. The van der Waals surface area contributed by atoms with Crippen molar-refractivity contribution in [2.75, 3.05) is 6.61 Å². The third kappa shape index (κ3) is 4.17. The lowest BCUT2D eigenvalue weighted by Crippen LogP contribution is -1.98. The van der Waals surface area contributed by atoms with Crippen molar-refractivity contribution in [3.63, 3.8) is 0 Å². The molecule has 4 nitrogen and oxygen atoms in total. The molecule has 25 heavy (non-hydrogen) atoms. The fourth-order valence-electron chi connectivity index (χ4n) is 2.50. The Labute approximate surface area is 147 Å². The van der Waals surface area contributed by atoms with Crippen LogP contribution in [-0.4, -0.2) is 16.7 Å². The lowest BCUT2D eigenvalue weighted by Gasteiger charge is -2.07. The third-order valence-electron chi connectivity index (χ3n) is 3.98. The molecule has 1 aromatic heterocycles. The molecule has 0 atom stereocenters. The van der Waals surface area contributed by atoms with Gasteiger partial charge in [0.05, 0.1) is 6.61 Å². The third-order valence-corrected chi connectivity index (χ3v) is 3.98. The zero-order valence-corrected chi connectivity index (χ0v) is 14.4. The van der Waals surface area contributed by atoms with Gasteiger partial charge in [0, 0.05) is 5.56 Å². The molecule has 0 saturated heterocycles. The predicted octanol–water partition coefficient (Wildman–Crippen LogP) is 4.62. The number of aryl methyl sites for hydroxylation is 1. The van der Waals surface area contributed by atoms with Gasteiger partial charge in [-0.15, -0.1) is 0 Å². The van der Waals surface area contributed by atoms with E-state index in [1.807, 2.05) is 68.4 Å². The molecular formula is C21H21NO3. The fourth-order valence-corrected chi connectivity index (χ4v) is 2.50. The number of rotatable bonds is 6. The van der Waals surface area contributed by atoms with Crippen LogP contribution in [0.4, 0.5) is 0 Å². The molecule has 0 amide bonds. The van der Waals surface area contributed by atoms with Gasteiger partial charge in [0.1, 0.15) is 23.8 Å². The summed E-state index contributed by atoms with van der Waals surface area (Å²) in [5.41, 5.74) is 3.76. The Morgan fingerprint density at radius 1 is 1.16 bits per heavy atom. The molecule has 0 radical (unpaired) electrons. The van der Waals surface area contributed by atoms with Gasteiger partial charge in [-0.1, -0.05) is 36.4 Å². The van der Waals surface area contributed by atoms with Crippen LogP contribution in [0.2, 0.25) is 0 Å². The summed E-state index contributed by atoms with van der Waals surface area (Å²) in [6.45, 7) is 4.22. The molecule has 4 heteroatoms. The van der Waals surface area contributed by atoms with Crippen LogP contribution in [0.5, 0.6) is 5.75 Å². The number of allylic oxidation sites excluding steroid dienone is 1. The van der Waals surface area contributed by atoms with Gasteiger partial charge < -0.3 is 14.3 Å². The van der Waals surface area contributed by atoms with E-state index in [9.17, 15) is 0 Å². The number of nitrogens with zero attached hydrogens (tertiary/aromatic N) is 1. The number of hydrogen-bond acceptors (Lipinski definition) is 4. The summed E-state index contributed by atoms with van der Waals surface area (Å²) in [5.74, 6) is 2.12. The Hall–Kier alpha value is -2.85. The number of benzene rings is 2. The van der Waals surface area contributed by atoms with Crippen molar-refractivity contribution in [2.24, 2.45) is 0 Å². The quantitative estimate of drug-likeness (QED) is 0.714. The van der Waals surface area contributed by atoms with Gasteiger partial charge in [-0.05, 0) is 49.2 Å². The number of hydrogen-bond donors (Lipinski definition) is 1. The number of ether oxygens (including phenoxy) is 1. The SMILES string of the molecule is C/C(=C\CO)c1cccc(OCc2nc(-c3ccccc3)oc2C)c1. The normalized spacial score (nSPS) is 11.6. The second kappa shape index (κ2) is 7.81. The van der Waals surface area contributed by atoms with Crippen LogP contribution in [0.25, 0.3) is 17.0 Å². The maximum Gasteiger partial charge on any atom is 0.226 e. The molecule has 0 saturated carbocycles. The molecule has 0 bridgehead atoms. The average molecular weight is 335 g/mol. The molecule has 3 aromatic rings. The van der Waals surface area contributed by atoms with Gasteiger partial charge >= 0.3 is 0 Å². The van der Waals surface area contributed by atoms with E-state index < -0.39 is 0 Å². The molecule has 1 heterocycles.